The van der Waals surface area contributed by atoms with Crippen molar-refractivity contribution in [2.24, 2.45) is 0 Å². The van der Waals surface area contributed by atoms with Gasteiger partial charge in [-0.05, 0) is 44.0 Å². The highest BCUT2D eigenvalue weighted by Gasteiger charge is 2.36. The number of likely N-dealkylation sites (tertiary alicyclic amines) is 1. The van der Waals surface area contributed by atoms with Crippen molar-refractivity contribution in [3.8, 4) is 0 Å². The summed E-state index contributed by atoms with van der Waals surface area (Å²) in [5, 5.41) is 2.90. The van der Waals surface area contributed by atoms with E-state index in [0.29, 0.717) is 42.6 Å². The van der Waals surface area contributed by atoms with Crippen LogP contribution in [0.4, 0.5) is 0 Å². The summed E-state index contributed by atoms with van der Waals surface area (Å²) in [6.07, 6.45) is 1.26. The number of hydrogen-bond acceptors (Lipinski definition) is 4. The lowest BCUT2D eigenvalue weighted by molar-refractivity contribution is -0.122. The molecule has 0 aliphatic carbocycles. The van der Waals surface area contributed by atoms with Crippen molar-refractivity contribution >= 4 is 23.6 Å². The van der Waals surface area contributed by atoms with Crippen LogP contribution in [0.1, 0.15) is 49.5 Å². The molecule has 1 N–H and O–H groups in total. The summed E-state index contributed by atoms with van der Waals surface area (Å²) in [6.45, 7) is 2.75. The quantitative estimate of drug-likeness (QED) is 0.789. The molecule has 2 aromatic carbocycles. The Balaban J connectivity index is 1.29. The second-order valence-electron chi connectivity index (χ2n) is 7.75. The summed E-state index contributed by atoms with van der Waals surface area (Å²) in [4.78, 5) is 52.7. The lowest BCUT2D eigenvalue weighted by Crippen LogP contribution is -2.49. The zero-order valence-electron chi connectivity index (χ0n) is 16.8. The van der Waals surface area contributed by atoms with Gasteiger partial charge in [0.15, 0.2) is 0 Å². The first-order valence-corrected chi connectivity index (χ1v) is 10.0. The summed E-state index contributed by atoms with van der Waals surface area (Å²) < 4.78 is 0. The number of amides is 4. The molecule has 0 bridgehead atoms. The number of fused-ring (bicyclic) bond motifs is 1. The molecule has 0 unspecified atom stereocenters. The van der Waals surface area contributed by atoms with Crippen LogP contribution in [0.5, 0.6) is 0 Å². The lowest BCUT2D eigenvalue weighted by Gasteiger charge is -2.32. The second kappa shape index (κ2) is 8.10. The molecule has 0 atom stereocenters. The SMILES string of the molecule is Cc1cccc(C(=O)N2CCC(NC(=O)CN3C(=O)c4ccccc4C3=O)CC2)c1. The van der Waals surface area contributed by atoms with Crippen molar-refractivity contribution in [2.45, 2.75) is 25.8 Å². The lowest BCUT2D eigenvalue weighted by atomic mass is 10.0. The van der Waals surface area contributed by atoms with Crippen LogP contribution in [0.25, 0.3) is 0 Å². The standard InChI is InChI=1S/C23H23N3O4/c1-15-5-4-6-16(13-15)21(28)25-11-9-17(10-12-25)24-20(27)14-26-22(29)18-7-2-3-8-19(18)23(26)30/h2-8,13,17H,9-12,14H2,1H3,(H,24,27). The van der Waals surface area contributed by atoms with Crippen molar-refractivity contribution in [3.05, 3.63) is 70.8 Å². The van der Waals surface area contributed by atoms with Gasteiger partial charge in [-0.25, -0.2) is 0 Å². The van der Waals surface area contributed by atoms with Crippen molar-refractivity contribution < 1.29 is 19.2 Å². The zero-order chi connectivity index (χ0) is 21.3. The highest BCUT2D eigenvalue weighted by Crippen LogP contribution is 2.22. The Bertz CT molecular complexity index is 990. The summed E-state index contributed by atoms with van der Waals surface area (Å²) in [7, 11) is 0. The molecule has 0 aromatic heterocycles. The largest absolute Gasteiger partial charge is 0.352 e. The first-order valence-electron chi connectivity index (χ1n) is 10.0. The number of carbonyl (C=O) groups is 4. The van der Waals surface area contributed by atoms with E-state index >= 15 is 0 Å². The average molecular weight is 405 g/mol. The third-order valence-electron chi connectivity index (χ3n) is 5.59. The number of imide groups is 1. The third-order valence-corrected chi connectivity index (χ3v) is 5.59. The van der Waals surface area contributed by atoms with Crippen LogP contribution in [0, 0.1) is 6.92 Å². The molecule has 2 aliphatic heterocycles. The predicted octanol–water partition coefficient (Wildman–Crippen LogP) is 2.01. The molecule has 30 heavy (non-hydrogen) atoms. The van der Waals surface area contributed by atoms with Gasteiger partial charge in [0.2, 0.25) is 5.91 Å². The molecule has 2 aromatic rings. The van der Waals surface area contributed by atoms with Crippen LogP contribution in [0.2, 0.25) is 0 Å². The Hall–Kier alpha value is -3.48. The van der Waals surface area contributed by atoms with Crippen molar-refractivity contribution in [3.63, 3.8) is 0 Å². The third kappa shape index (κ3) is 3.83. The van der Waals surface area contributed by atoms with Crippen LogP contribution in [0.15, 0.2) is 48.5 Å². The number of benzene rings is 2. The molecule has 1 fully saturated rings. The maximum absolute atomic E-state index is 12.6. The fourth-order valence-electron chi connectivity index (χ4n) is 3.99. The van der Waals surface area contributed by atoms with Crippen LogP contribution < -0.4 is 5.32 Å². The average Bonchev–Trinajstić information content (AvgIpc) is 2.99. The van der Waals surface area contributed by atoms with Crippen LogP contribution in [0.3, 0.4) is 0 Å². The molecule has 4 amide bonds. The molecule has 2 aliphatic rings. The number of nitrogens with one attached hydrogen (secondary N) is 1. The van der Waals surface area contributed by atoms with Gasteiger partial charge in [0, 0.05) is 24.7 Å². The fourth-order valence-corrected chi connectivity index (χ4v) is 3.99. The van der Waals surface area contributed by atoms with E-state index in [0.717, 1.165) is 10.5 Å². The van der Waals surface area contributed by atoms with E-state index in [1.807, 2.05) is 31.2 Å². The molecular weight excluding hydrogens is 382 g/mol. The van der Waals surface area contributed by atoms with Gasteiger partial charge in [-0.1, -0.05) is 29.8 Å². The summed E-state index contributed by atoms with van der Waals surface area (Å²) in [6, 6.07) is 14.0. The van der Waals surface area contributed by atoms with E-state index in [2.05, 4.69) is 5.32 Å². The van der Waals surface area contributed by atoms with E-state index in [1.165, 1.54) is 0 Å². The molecular formula is C23H23N3O4. The summed E-state index contributed by atoms with van der Waals surface area (Å²) >= 11 is 0. The first kappa shape index (κ1) is 19.8. The second-order valence-corrected chi connectivity index (χ2v) is 7.75. The molecule has 0 spiro atoms. The topological polar surface area (TPSA) is 86.8 Å². The van der Waals surface area contributed by atoms with E-state index in [4.69, 9.17) is 0 Å². The predicted molar refractivity (Wildman–Crippen MR) is 110 cm³/mol. The van der Waals surface area contributed by atoms with Gasteiger partial charge in [0.05, 0.1) is 11.1 Å². The fraction of sp³-hybridized carbons (Fsp3) is 0.304. The van der Waals surface area contributed by atoms with Crippen molar-refractivity contribution in [1.82, 2.24) is 15.1 Å². The van der Waals surface area contributed by atoms with E-state index in [-0.39, 0.29) is 24.4 Å². The number of aryl methyl sites for hydroxylation is 1. The Kier molecular flexibility index (Phi) is 5.35. The van der Waals surface area contributed by atoms with E-state index < -0.39 is 11.8 Å². The minimum atomic E-state index is -0.440. The number of rotatable bonds is 4. The monoisotopic (exact) mass is 405 g/mol. The van der Waals surface area contributed by atoms with Crippen LogP contribution in [-0.4, -0.2) is 59.1 Å². The molecule has 7 nitrogen and oxygen atoms in total. The molecule has 4 rings (SSSR count). The summed E-state index contributed by atoms with van der Waals surface area (Å²) in [5.41, 5.74) is 2.37. The Morgan fingerprint density at radius 2 is 1.60 bits per heavy atom. The van der Waals surface area contributed by atoms with Gasteiger partial charge < -0.3 is 10.2 Å². The molecule has 154 valence electrons. The van der Waals surface area contributed by atoms with Crippen molar-refractivity contribution in [2.75, 3.05) is 19.6 Å². The van der Waals surface area contributed by atoms with Gasteiger partial charge in [-0.15, -0.1) is 0 Å². The van der Waals surface area contributed by atoms with E-state index in [9.17, 15) is 19.2 Å². The number of hydrogen-bond donors (Lipinski definition) is 1. The Labute approximate surface area is 174 Å². The highest BCUT2D eigenvalue weighted by atomic mass is 16.2. The van der Waals surface area contributed by atoms with Gasteiger partial charge in [-0.2, -0.15) is 0 Å². The molecule has 7 heteroatoms. The molecule has 1 saturated heterocycles. The number of carbonyl (C=O) groups excluding carboxylic acids is 4. The van der Waals surface area contributed by atoms with E-state index in [1.54, 1.807) is 29.2 Å². The highest BCUT2D eigenvalue weighted by molar-refractivity contribution is 6.22. The van der Waals surface area contributed by atoms with Crippen LogP contribution in [-0.2, 0) is 4.79 Å². The molecule has 0 radical (unpaired) electrons. The van der Waals surface area contributed by atoms with Gasteiger partial charge >= 0.3 is 0 Å². The van der Waals surface area contributed by atoms with Crippen LogP contribution >= 0.6 is 0 Å². The number of nitrogens with zero attached hydrogens (tertiary/aromatic N) is 2. The van der Waals surface area contributed by atoms with Crippen molar-refractivity contribution in [1.29, 1.82) is 0 Å². The van der Waals surface area contributed by atoms with Gasteiger partial charge in [0.1, 0.15) is 6.54 Å². The zero-order valence-corrected chi connectivity index (χ0v) is 16.8. The minimum Gasteiger partial charge on any atom is -0.352 e. The van der Waals surface area contributed by atoms with Gasteiger partial charge in [-0.3, -0.25) is 24.1 Å². The maximum atomic E-state index is 12.6. The Morgan fingerprint density at radius 1 is 0.967 bits per heavy atom. The first-order chi connectivity index (χ1) is 14.4. The summed E-state index contributed by atoms with van der Waals surface area (Å²) in [5.74, 6) is -1.25. The Morgan fingerprint density at radius 3 is 2.20 bits per heavy atom. The molecule has 2 heterocycles. The minimum absolute atomic E-state index is 0.00509. The van der Waals surface area contributed by atoms with Gasteiger partial charge in [0.25, 0.3) is 17.7 Å². The number of piperidine rings is 1. The smallest absolute Gasteiger partial charge is 0.262 e. The molecule has 0 saturated carbocycles. The maximum Gasteiger partial charge on any atom is 0.262 e. The normalized spacial score (nSPS) is 16.6.